The fourth-order valence-corrected chi connectivity index (χ4v) is 1.99. The predicted octanol–water partition coefficient (Wildman–Crippen LogP) is 0.957. The van der Waals surface area contributed by atoms with Gasteiger partial charge in [-0.05, 0) is 0 Å². The molecule has 2 rings (SSSR count). The van der Waals surface area contributed by atoms with Crippen LogP contribution in [-0.4, -0.2) is 42.5 Å². The van der Waals surface area contributed by atoms with Gasteiger partial charge in [0, 0.05) is 19.1 Å². The average molecular weight is 268 g/mol. The van der Waals surface area contributed by atoms with Crippen LogP contribution in [-0.2, 0) is 10.9 Å². The van der Waals surface area contributed by atoms with Crippen LogP contribution < -0.4 is 10.6 Å². The van der Waals surface area contributed by atoms with Crippen LogP contribution in [0.2, 0.25) is 0 Å². The van der Waals surface area contributed by atoms with Crippen molar-refractivity contribution in [1.82, 2.24) is 15.5 Å². The molecule has 96 valence electrons. The molecule has 1 aliphatic heterocycles. The number of hydrogen-bond acceptors (Lipinski definition) is 6. The van der Waals surface area contributed by atoms with Crippen LogP contribution in [0.5, 0.6) is 0 Å². The van der Waals surface area contributed by atoms with Gasteiger partial charge in [-0.1, -0.05) is 11.3 Å². The Kier molecular flexibility index (Phi) is 3.79. The second-order valence-electron chi connectivity index (χ2n) is 3.52. The van der Waals surface area contributed by atoms with Gasteiger partial charge in [-0.2, -0.15) is 13.2 Å². The summed E-state index contributed by atoms with van der Waals surface area (Å²) in [6, 6.07) is 0.0852. The van der Waals surface area contributed by atoms with E-state index in [1.165, 1.54) is 0 Å². The fraction of sp³-hybridized carbons (Fsp3) is 0.750. The summed E-state index contributed by atoms with van der Waals surface area (Å²) in [6.07, 6.45) is -4.43. The highest BCUT2D eigenvalue weighted by atomic mass is 32.1. The molecule has 1 unspecified atom stereocenters. The molecule has 1 aromatic rings. The molecule has 0 aromatic carbocycles. The van der Waals surface area contributed by atoms with E-state index in [1.807, 2.05) is 0 Å². The molecule has 1 aliphatic rings. The third-order valence-electron chi connectivity index (χ3n) is 2.17. The number of alkyl halides is 3. The lowest BCUT2D eigenvalue weighted by Gasteiger charge is -2.23. The van der Waals surface area contributed by atoms with Crippen LogP contribution in [0, 0.1) is 0 Å². The second-order valence-corrected chi connectivity index (χ2v) is 4.49. The molecule has 1 fully saturated rings. The molecule has 1 aromatic heterocycles. The van der Waals surface area contributed by atoms with Gasteiger partial charge >= 0.3 is 6.18 Å². The highest BCUT2D eigenvalue weighted by Gasteiger charge is 2.35. The molecule has 9 heteroatoms. The maximum atomic E-state index is 12.2. The average Bonchev–Trinajstić information content (AvgIpc) is 2.76. The maximum absolute atomic E-state index is 12.2. The van der Waals surface area contributed by atoms with Gasteiger partial charge in [0.05, 0.1) is 13.2 Å². The van der Waals surface area contributed by atoms with Gasteiger partial charge in [-0.25, -0.2) is 0 Å². The maximum Gasteiger partial charge on any atom is 0.445 e. The van der Waals surface area contributed by atoms with E-state index in [4.69, 9.17) is 4.74 Å². The molecule has 0 saturated carbocycles. The molecular formula is C8H11F3N4OS. The molecule has 0 amide bonds. The lowest BCUT2D eigenvalue weighted by Crippen LogP contribution is -2.45. The Balaban J connectivity index is 1.84. The standard InChI is InChI=1S/C8H11F3N4OS/c9-8(10,11)6-14-15-7(17-6)13-3-5-4-16-2-1-12-5/h5,12H,1-4H2,(H,13,15). The van der Waals surface area contributed by atoms with Gasteiger partial charge in [0.15, 0.2) is 0 Å². The Hall–Kier alpha value is -0.930. The molecule has 0 radical (unpaired) electrons. The SMILES string of the molecule is FC(F)(F)c1nnc(NCC2COCCN2)s1. The largest absolute Gasteiger partial charge is 0.445 e. The van der Waals surface area contributed by atoms with E-state index in [-0.39, 0.29) is 11.2 Å². The highest BCUT2D eigenvalue weighted by Crippen LogP contribution is 2.32. The van der Waals surface area contributed by atoms with E-state index in [0.29, 0.717) is 31.1 Å². The van der Waals surface area contributed by atoms with Gasteiger partial charge in [0.1, 0.15) is 0 Å². The fourth-order valence-electron chi connectivity index (χ4n) is 1.37. The number of hydrogen-bond donors (Lipinski definition) is 2. The third-order valence-corrected chi connectivity index (χ3v) is 3.09. The van der Waals surface area contributed by atoms with E-state index in [1.54, 1.807) is 0 Å². The van der Waals surface area contributed by atoms with E-state index >= 15 is 0 Å². The van der Waals surface area contributed by atoms with Crippen molar-refractivity contribution in [3.8, 4) is 0 Å². The van der Waals surface area contributed by atoms with Crippen LogP contribution in [0.15, 0.2) is 0 Å². The smallest absolute Gasteiger partial charge is 0.378 e. The van der Waals surface area contributed by atoms with Crippen molar-refractivity contribution in [3.63, 3.8) is 0 Å². The van der Waals surface area contributed by atoms with Crippen molar-refractivity contribution in [3.05, 3.63) is 5.01 Å². The Morgan fingerprint density at radius 1 is 1.47 bits per heavy atom. The normalized spacial score (nSPS) is 21.5. The quantitative estimate of drug-likeness (QED) is 0.855. The van der Waals surface area contributed by atoms with Crippen molar-refractivity contribution < 1.29 is 17.9 Å². The summed E-state index contributed by atoms with van der Waals surface area (Å²) < 4.78 is 41.9. The van der Waals surface area contributed by atoms with Crippen LogP contribution in [0.4, 0.5) is 18.3 Å². The predicted molar refractivity (Wildman–Crippen MR) is 56.0 cm³/mol. The van der Waals surface area contributed by atoms with Crippen LogP contribution in [0.3, 0.4) is 0 Å². The molecule has 0 spiro atoms. The van der Waals surface area contributed by atoms with Gasteiger partial charge in [0.25, 0.3) is 0 Å². The summed E-state index contributed by atoms with van der Waals surface area (Å²) in [5, 5.41) is 11.7. The monoisotopic (exact) mass is 268 g/mol. The summed E-state index contributed by atoms with van der Waals surface area (Å²) in [5.41, 5.74) is 0. The molecule has 0 aliphatic carbocycles. The first-order chi connectivity index (χ1) is 8.05. The lowest BCUT2D eigenvalue weighted by molar-refractivity contribution is -0.138. The topological polar surface area (TPSA) is 59.1 Å². The highest BCUT2D eigenvalue weighted by molar-refractivity contribution is 7.15. The molecule has 2 heterocycles. The van der Waals surface area contributed by atoms with Crippen molar-refractivity contribution in [2.24, 2.45) is 0 Å². The number of halogens is 3. The minimum atomic E-state index is -4.43. The molecule has 17 heavy (non-hydrogen) atoms. The van der Waals surface area contributed by atoms with Gasteiger partial charge < -0.3 is 15.4 Å². The van der Waals surface area contributed by atoms with Gasteiger partial charge in [0.2, 0.25) is 10.1 Å². The zero-order valence-corrected chi connectivity index (χ0v) is 9.57. The first-order valence-corrected chi connectivity index (χ1v) is 5.83. The van der Waals surface area contributed by atoms with Crippen molar-refractivity contribution >= 4 is 16.5 Å². The van der Waals surface area contributed by atoms with Gasteiger partial charge in [-0.3, -0.25) is 0 Å². The number of ether oxygens (including phenoxy) is 1. The number of nitrogens with one attached hydrogen (secondary N) is 2. The van der Waals surface area contributed by atoms with E-state index < -0.39 is 11.2 Å². The molecule has 1 saturated heterocycles. The minimum Gasteiger partial charge on any atom is -0.378 e. The zero-order chi connectivity index (χ0) is 12.3. The summed E-state index contributed by atoms with van der Waals surface area (Å²) >= 11 is 0.501. The van der Waals surface area contributed by atoms with Crippen molar-refractivity contribution in [2.45, 2.75) is 12.2 Å². The van der Waals surface area contributed by atoms with Crippen LogP contribution in [0.1, 0.15) is 5.01 Å². The number of aromatic nitrogens is 2. The second kappa shape index (κ2) is 5.15. The van der Waals surface area contributed by atoms with E-state index in [9.17, 15) is 13.2 Å². The number of nitrogens with zero attached hydrogens (tertiary/aromatic N) is 2. The first kappa shape index (κ1) is 12.5. The lowest BCUT2D eigenvalue weighted by atomic mass is 10.3. The Labute approximate surface area is 99.4 Å². The number of anilines is 1. The summed E-state index contributed by atoms with van der Waals surface area (Å²) in [6.45, 7) is 2.41. The minimum absolute atomic E-state index is 0.0852. The summed E-state index contributed by atoms with van der Waals surface area (Å²) in [4.78, 5) is 0. The molecule has 5 nitrogen and oxygen atoms in total. The van der Waals surface area contributed by atoms with E-state index in [2.05, 4.69) is 20.8 Å². The molecule has 0 bridgehead atoms. The van der Waals surface area contributed by atoms with E-state index in [0.717, 1.165) is 6.54 Å². The molecule has 1 atom stereocenters. The first-order valence-electron chi connectivity index (χ1n) is 5.01. The molecule has 2 N–H and O–H groups in total. The van der Waals surface area contributed by atoms with Crippen LogP contribution >= 0.6 is 11.3 Å². The Morgan fingerprint density at radius 2 is 2.29 bits per heavy atom. The van der Waals surface area contributed by atoms with Gasteiger partial charge in [-0.15, -0.1) is 10.2 Å². The van der Waals surface area contributed by atoms with Crippen molar-refractivity contribution in [1.29, 1.82) is 0 Å². The Morgan fingerprint density at radius 3 is 2.88 bits per heavy atom. The number of morpholine rings is 1. The summed E-state index contributed by atoms with van der Waals surface area (Å²) in [7, 11) is 0. The van der Waals surface area contributed by atoms with Crippen molar-refractivity contribution in [2.75, 3.05) is 31.6 Å². The third kappa shape index (κ3) is 3.51. The summed E-state index contributed by atoms with van der Waals surface area (Å²) in [5.74, 6) is 0. The molecular weight excluding hydrogens is 257 g/mol. The number of rotatable bonds is 3. The van der Waals surface area contributed by atoms with Crippen LogP contribution in [0.25, 0.3) is 0 Å². The Bertz CT molecular complexity index is 364. The zero-order valence-electron chi connectivity index (χ0n) is 8.75.